The Morgan fingerprint density at radius 2 is 1.87 bits per heavy atom. The number of sulfonamides is 1. The van der Waals surface area contributed by atoms with Gasteiger partial charge < -0.3 is 4.74 Å². The van der Waals surface area contributed by atoms with E-state index in [0.717, 1.165) is 22.5 Å². The summed E-state index contributed by atoms with van der Waals surface area (Å²) < 4.78 is 29.6. The number of hydrogen-bond donors (Lipinski definition) is 2. The summed E-state index contributed by atoms with van der Waals surface area (Å²) in [4.78, 5) is 13.7. The van der Waals surface area contributed by atoms with Gasteiger partial charge in [-0.15, -0.1) is 16.2 Å². The van der Waals surface area contributed by atoms with E-state index in [4.69, 9.17) is 16.3 Å². The molecule has 6 nitrogen and oxygen atoms in total. The molecule has 1 heterocycles. The Kier molecular flexibility index (Phi) is 5.64. The van der Waals surface area contributed by atoms with E-state index in [9.17, 15) is 13.2 Å². The minimum absolute atomic E-state index is 0.0125. The lowest BCUT2D eigenvalue weighted by atomic mass is 10.1. The molecule has 2 rings (SSSR count). The highest BCUT2D eigenvalue weighted by Crippen LogP contribution is 2.25. The van der Waals surface area contributed by atoms with Crippen LogP contribution in [-0.4, -0.2) is 20.9 Å². The van der Waals surface area contributed by atoms with Crippen LogP contribution in [0.3, 0.4) is 0 Å². The summed E-state index contributed by atoms with van der Waals surface area (Å²) in [7, 11) is -3.84. The highest BCUT2D eigenvalue weighted by Gasteiger charge is 2.17. The van der Waals surface area contributed by atoms with Gasteiger partial charge in [-0.3, -0.25) is 10.2 Å². The van der Waals surface area contributed by atoms with Crippen LogP contribution in [0, 0.1) is 13.8 Å². The minimum Gasteiger partial charge on any atom is -0.483 e. The highest BCUT2D eigenvalue weighted by atomic mass is 35.5. The number of hydrazine groups is 1. The summed E-state index contributed by atoms with van der Waals surface area (Å²) >= 11 is 6.59. The molecule has 0 fully saturated rings. The third-order valence-corrected chi connectivity index (χ3v) is 5.87. The van der Waals surface area contributed by atoms with Gasteiger partial charge in [0.15, 0.2) is 6.61 Å². The molecule has 0 aliphatic carbocycles. The largest absolute Gasteiger partial charge is 0.483 e. The third kappa shape index (κ3) is 4.68. The number of nitrogens with one attached hydrogen (secondary N) is 2. The molecular formula is C14H15ClN2O4S2. The fourth-order valence-electron chi connectivity index (χ4n) is 1.82. The SMILES string of the molecule is Cc1cccc(C)c1OCC(=O)NNS(=O)(=O)c1ccc(Cl)s1. The lowest BCUT2D eigenvalue weighted by molar-refractivity contribution is -0.123. The quantitative estimate of drug-likeness (QED) is 0.760. The number of amides is 1. The van der Waals surface area contributed by atoms with Crippen molar-refractivity contribution in [2.75, 3.05) is 6.61 Å². The van der Waals surface area contributed by atoms with Gasteiger partial charge in [0.2, 0.25) is 0 Å². The van der Waals surface area contributed by atoms with Crippen molar-refractivity contribution in [3.63, 3.8) is 0 Å². The second-order valence-corrected chi connectivity index (χ2v) is 8.35. The van der Waals surface area contributed by atoms with Crippen LogP contribution in [0.2, 0.25) is 4.34 Å². The summed E-state index contributed by atoms with van der Waals surface area (Å²) in [6, 6.07) is 8.44. The van der Waals surface area contributed by atoms with E-state index in [0.29, 0.717) is 10.1 Å². The van der Waals surface area contributed by atoms with Gasteiger partial charge in [0.05, 0.1) is 4.34 Å². The van der Waals surface area contributed by atoms with Crippen LogP contribution >= 0.6 is 22.9 Å². The van der Waals surface area contributed by atoms with Crippen molar-refractivity contribution in [3.05, 3.63) is 45.8 Å². The summed E-state index contributed by atoms with van der Waals surface area (Å²) in [6.45, 7) is 3.42. The van der Waals surface area contributed by atoms with Crippen LogP contribution in [0.5, 0.6) is 5.75 Å². The van der Waals surface area contributed by atoms with Gasteiger partial charge in [-0.25, -0.2) is 8.42 Å². The van der Waals surface area contributed by atoms with E-state index in [1.165, 1.54) is 12.1 Å². The summed E-state index contributed by atoms with van der Waals surface area (Å²) in [5.41, 5.74) is 3.89. The van der Waals surface area contributed by atoms with E-state index in [1.54, 1.807) is 0 Å². The number of benzene rings is 1. The summed E-state index contributed by atoms with van der Waals surface area (Å²) in [5, 5.41) is 0. The van der Waals surface area contributed by atoms with Crippen molar-refractivity contribution in [2.24, 2.45) is 0 Å². The molecule has 1 aromatic heterocycles. The van der Waals surface area contributed by atoms with E-state index < -0.39 is 15.9 Å². The number of carbonyl (C=O) groups excluding carboxylic acids is 1. The standard InChI is InChI=1S/C14H15ClN2O4S2/c1-9-4-3-5-10(2)14(9)21-8-12(18)16-17-23(19,20)13-7-6-11(15)22-13/h3-7,17H,8H2,1-2H3,(H,16,18). The van der Waals surface area contributed by atoms with Crippen molar-refractivity contribution in [3.8, 4) is 5.75 Å². The van der Waals surface area contributed by atoms with E-state index >= 15 is 0 Å². The van der Waals surface area contributed by atoms with Crippen LogP contribution in [0.15, 0.2) is 34.5 Å². The number of rotatable bonds is 6. The zero-order valence-corrected chi connectivity index (χ0v) is 14.8. The van der Waals surface area contributed by atoms with Crippen LogP contribution in [0.4, 0.5) is 0 Å². The fraction of sp³-hybridized carbons (Fsp3) is 0.214. The average Bonchev–Trinajstić information content (AvgIpc) is 2.92. The van der Waals surface area contributed by atoms with Crippen LogP contribution in [0.1, 0.15) is 11.1 Å². The molecule has 1 aromatic carbocycles. The molecule has 2 N–H and O–H groups in total. The first-order valence-corrected chi connectivity index (χ1v) is 9.22. The van der Waals surface area contributed by atoms with E-state index in [1.807, 2.05) is 36.9 Å². The maximum atomic E-state index is 11.9. The predicted octanol–water partition coefficient (Wildman–Crippen LogP) is 2.41. The van der Waals surface area contributed by atoms with E-state index in [2.05, 4.69) is 5.43 Å². The number of carbonyl (C=O) groups is 1. The molecule has 1 amide bonds. The molecule has 0 aliphatic heterocycles. The number of halogens is 1. The van der Waals surface area contributed by atoms with Crippen molar-refractivity contribution >= 4 is 38.9 Å². The normalized spacial score (nSPS) is 11.3. The minimum atomic E-state index is -3.84. The molecule has 9 heteroatoms. The Bertz CT molecular complexity index is 798. The first-order valence-electron chi connectivity index (χ1n) is 6.54. The Labute approximate surface area is 143 Å². The van der Waals surface area contributed by atoms with Gasteiger partial charge in [-0.05, 0) is 37.1 Å². The maximum Gasteiger partial charge on any atom is 0.272 e. The van der Waals surface area contributed by atoms with Gasteiger partial charge in [0.1, 0.15) is 9.96 Å². The Morgan fingerprint density at radius 1 is 1.22 bits per heavy atom. The average molecular weight is 375 g/mol. The summed E-state index contributed by atoms with van der Waals surface area (Å²) in [5.74, 6) is -0.00516. The summed E-state index contributed by atoms with van der Waals surface area (Å²) in [6.07, 6.45) is 0. The van der Waals surface area contributed by atoms with Crippen LogP contribution in [0.25, 0.3) is 0 Å². The van der Waals surface area contributed by atoms with Gasteiger partial charge in [-0.1, -0.05) is 29.8 Å². The molecule has 0 spiro atoms. The highest BCUT2D eigenvalue weighted by molar-refractivity contribution is 7.91. The van der Waals surface area contributed by atoms with Crippen molar-refractivity contribution in [1.82, 2.24) is 10.3 Å². The lowest BCUT2D eigenvalue weighted by Gasteiger charge is -2.12. The Morgan fingerprint density at radius 3 is 2.43 bits per heavy atom. The first kappa shape index (κ1) is 17.7. The van der Waals surface area contributed by atoms with Crippen molar-refractivity contribution < 1.29 is 17.9 Å². The van der Waals surface area contributed by atoms with Crippen LogP contribution < -0.4 is 15.0 Å². The first-order chi connectivity index (χ1) is 10.8. The molecule has 0 bridgehead atoms. The second kappa shape index (κ2) is 7.31. The van der Waals surface area contributed by atoms with Crippen LogP contribution in [-0.2, 0) is 14.8 Å². The molecule has 0 radical (unpaired) electrons. The molecule has 0 saturated carbocycles. The maximum absolute atomic E-state index is 11.9. The topological polar surface area (TPSA) is 84.5 Å². The van der Waals surface area contributed by atoms with Gasteiger partial charge in [0.25, 0.3) is 15.9 Å². The van der Waals surface area contributed by atoms with Gasteiger partial charge in [-0.2, -0.15) is 0 Å². The molecule has 0 atom stereocenters. The number of para-hydroxylation sites is 1. The second-order valence-electron chi connectivity index (χ2n) is 4.72. The molecular weight excluding hydrogens is 360 g/mol. The molecule has 23 heavy (non-hydrogen) atoms. The zero-order chi connectivity index (χ0) is 17.0. The smallest absolute Gasteiger partial charge is 0.272 e. The molecule has 0 saturated heterocycles. The number of ether oxygens (including phenoxy) is 1. The predicted molar refractivity (Wildman–Crippen MR) is 89.2 cm³/mol. The molecule has 0 unspecified atom stereocenters. The number of aryl methyl sites for hydroxylation is 2. The lowest BCUT2D eigenvalue weighted by Crippen LogP contribution is -2.43. The van der Waals surface area contributed by atoms with Gasteiger partial charge in [0, 0.05) is 0 Å². The fourth-order valence-corrected chi connectivity index (χ4v) is 4.16. The van der Waals surface area contributed by atoms with E-state index in [-0.39, 0.29) is 10.8 Å². The molecule has 2 aromatic rings. The Balaban J connectivity index is 1.91. The third-order valence-electron chi connectivity index (χ3n) is 2.89. The zero-order valence-electron chi connectivity index (χ0n) is 12.4. The number of hydrogen-bond acceptors (Lipinski definition) is 5. The number of thiophene rings is 1. The monoisotopic (exact) mass is 374 g/mol. The van der Waals surface area contributed by atoms with Crippen molar-refractivity contribution in [1.29, 1.82) is 0 Å². The molecule has 0 aliphatic rings. The Hall–Kier alpha value is -1.61. The van der Waals surface area contributed by atoms with Crippen molar-refractivity contribution in [2.45, 2.75) is 18.1 Å². The molecule has 124 valence electrons. The van der Waals surface area contributed by atoms with Gasteiger partial charge >= 0.3 is 0 Å².